The predicted molar refractivity (Wildman–Crippen MR) is 49.0 cm³/mol. The summed E-state index contributed by atoms with van der Waals surface area (Å²) in [4.78, 5) is 0. The second-order valence-corrected chi connectivity index (χ2v) is 3.89. The zero-order valence-corrected chi connectivity index (χ0v) is 8.12. The Morgan fingerprint density at radius 3 is 2.92 bits per heavy atom. The van der Waals surface area contributed by atoms with E-state index in [0.717, 1.165) is 18.9 Å². The van der Waals surface area contributed by atoms with Gasteiger partial charge in [-0.25, -0.2) is 0 Å². The van der Waals surface area contributed by atoms with Crippen molar-refractivity contribution in [3.05, 3.63) is 0 Å². The fraction of sp³-hybridized carbons (Fsp3) is 1.00. The van der Waals surface area contributed by atoms with Gasteiger partial charge in [0.2, 0.25) is 0 Å². The van der Waals surface area contributed by atoms with Crippen molar-refractivity contribution in [1.82, 2.24) is 0 Å². The van der Waals surface area contributed by atoms with Crippen molar-refractivity contribution < 1.29 is 9.84 Å². The third-order valence-electron chi connectivity index (χ3n) is 2.82. The van der Waals surface area contributed by atoms with Gasteiger partial charge in [-0.05, 0) is 24.7 Å². The average molecular weight is 172 g/mol. The zero-order chi connectivity index (χ0) is 8.97. The van der Waals surface area contributed by atoms with Gasteiger partial charge in [0.25, 0.3) is 0 Å². The van der Waals surface area contributed by atoms with E-state index in [1.807, 2.05) is 0 Å². The molecule has 0 aromatic rings. The molecule has 0 radical (unpaired) electrons. The molecule has 0 aliphatic carbocycles. The van der Waals surface area contributed by atoms with Gasteiger partial charge in [-0.3, -0.25) is 0 Å². The average Bonchev–Trinajstić information content (AvgIpc) is 2.51. The highest BCUT2D eigenvalue weighted by atomic mass is 16.5. The van der Waals surface area contributed by atoms with Gasteiger partial charge in [0.1, 0.15) is 0 Å². The SMILES string of the molecule is CCC1CCOC1CC(C)CO. The van der Waals surface area contributed by atoms with E-state index >= 15 is 0 Å². The Morgan fingerprint density at radius 1 is 1.58 bits per heavy atom. The highest BCUT2D eigenvalue weighted by molar-refractivity contribution is 4.76. The maximum Gasteiger partial charge on any atom is 0.0607 e. The molecule has 1 aliphatic heterocycles. The van der Waals surface area contributed by atoms with Crippen LogP contribution in [0.1, 0.15) is 33.1 Å². The van der Waals surface area contributed by atoms with Crippen LogP contribution in [0.2, 0.25) is 0 Å². The third-order valence-corrected chi connectivity index (χ3v) is 2.82. The van der Waals surface area contributed by atoms with Gasteiger partial charge in [-0.1, -0.05) is 20.3 Å². The van der Waals surface area contributed by atoms with E-state index in [-0.39, 0.29) is 6.61 Å². The maximum atomic E-state index is 8.90. The molecule has 1 saturated heterocycles. The molecule has 0 amide bonds. The maximum absolute atomic E-state index is 8.90. The van der Waals surface area contributed by atoms with Crippen molar-refractivity contribution in [2.24, 2.45) is 11.8 Å². The molecule has 0 saturated carbocycles. The Morgan fingerprint density at radius 2 is 2.33 bits per heavy atom. The number of hydrogen-bond acceptors (Lipinski definition) is 2. The van der Waals surface area contributed by atoms with Crippen LogP contribution in [0.3, 0.4) is 0 Å². The number of rotatable bonds is 4. The Labute approximate surface area is 74.9 Å². The summed E-state index contributed by atoms with van der Waals surface area (Å²) >= 11 is 0. The first kappa shape index (κ1) is 10.0. The van der Waals surface area contributed by atoms with Crippen LogP contribution >= 0.6 is 0 Å². The summed E-state index contributed by atoms with van der Waals surface area (Å²) in [5, 5.41) is 8.90. The molecule has 1 aliphatic rings. The van der Waals surface area contributed by atoms with E-state index in [4.69, 9.17) is 9.84 Å². The lowest BCUT2D eigenvalue weighted by Gasteiger charge is -2.19. The number of aliphatic hydroxyl groups excluding tert-OH is 1. The Balaban J connectivity index is 2.30. The topological polar surface area (TPSA) is 29.5 Å². The Bertz CT molecular complexity index is 125. The summed E-state index contributed by atoms with van der Waals surface area (Å²) in [5.41, 5.74) is 0. The highest BCUT2D eigenvalue weighted by Crippen LogP contribution is 2.28. The van der Waals surface area contributed by atoms with Crippen molar-refractivity contribution in [1.29, 1.82) is 0 Å². The van der Waals surface area contributed by atoms with Crippen LogP contribution in [0, 0.1) is 11.8 Å². The summed E-state index contributed by atoms with van der Waals surface area (Å²) in [7, 11) is 0. The van der Waals surface area contributed by atoms with E-state index < -0.39 is 0 Å². The molecule has 0 spiro atoms. The molecule has 12 heavy (non-hydrogen) atoms. The Kier molecular flexibility index (Phi) is 4.02. The van der Waals surface area contributed by atoms with Gasteiger partial charge in [0.15, 0.2) is 0 Å². The molecule has 0 aromatic heterocycles. The Hall–Kier alpha value is -0.0800. The summed E-state index contributed by atoms with van der Waals surface area (Å²) in [6.07, 6.45) is 3.86. The molecule has 1 fully saturated rings. The van der Waals surface area contributed by atoms with Gasteiger partial charge in [0.05, 0.1) is 6.10 Å². The summed E-state index contributed by atoms with van der Waals surface area (Å²) in [6, 6.07) is 0. The van der Waals surface area contributed by atoms with Gasteiger partial charge in [-0.15, -0.1) is 0 Å². The van der Waals surface area contributed by atoms with Crippen LogP contribution in [-0.2, 0) is 4.74 Å². The summed E-state index contributed by atoms with van der Waals surface area (Å²) < 4.78 is 5.62. The largest absolute Gasteiger partial charge is 0.396 e. The summed E-state index contributed by atoms with van der Waals surface area (Å²) in [6.45, 7) is 5.50. The third kappa shape index (κ3) is 2.46. The first-order valence-corrected chi connectivity index (χ1v) is 5.00. The van der Waals surface area contributed by atoms with E-state index in [1.165, 1.54) is 12.8 Å². The first-order chi connectivity index (χ1) is 5.77. The van der Waals surface area contributed by atoms with E-state index in [2.05, 4.69) is 13.8 Å². The highest BCUT2D eigenvalue weighted by Gasteiger charge is 2.27. The van der Waals surface area contributed by atoms with E-state index in [1.54, 1.807) is 0 Å². The van der Waals surface area contributed by atoms with Crippen LogP contribution in [0.25, 0.3) is 0 Å². The number of aliphatic hydroxyl groups is 1. The number of hydrogen-bond donors (Lipinski definition) is 1. The molecular formula is C10H20O2. The molecule has 2 heteroatoms. The normalized spacial score (nSPS) is 32.2. The van der Waals surface area contributed by atoms with Crippen LogP contribution in [0.5, 0.6) is 0 Å². The fourth-order valence-corrected chi connectivity index (χ4v) is 1.89. The zero-order valence-electron chi connectivity index (χ0n) is 8.12. The molecule has 3 unspecified atom stereocenters. The summed E-state index contributed by atoms with van der Waals surface area (Å²) in [5.74, 6) is 1.13. The second kappa shape index (κ2) is 4.83. The minimum absolute atomic E-state index is 0.288. The van der Waals surface area contributed by atoms with Crippen molar-refractivity contribution in [2.75, 3.05) is 13.2 Å². The second-order valence-electron chi connectivity index (χ2n) is 3.89. The van der Waals surface area contributed by atoms with Gasteiger partial charge in [0, 0.05) is 13.2 Å². The molecule has 2 nitrogen and oxygen atoms in total. The molecular weight excluding hydrogens is 152 g/mol. The molecule has 1 heterocycles. The molecule has 3 atom stereocenters. The quantitative estimate of drug-likeness (QED) is 0.701. The fourth-order valence-electron chi connectivity index (χ4n) is 1.89. The minimum atomic E-state index is 0.288. The predicted octanol–water partition coefficient (Wildman–Crippen LogP) is 1.82. The van der Waals surface area contributed by atoms with Crippen LogP contribution in [-0.4, -0.2) is 24.4 Å². The van der Waals surface area contributed by atoms with E-state index in [9.17, 15) is 0 Å². The van der Waals surface area contributed by atoms with Crippen LogP contribution in [0.15, 0.2) is 0 Å². The van der Waals surface area contributed by atoms with Crippen LogP contribution in [0.4, 0.5) is 0 Å². The van der Waals surface area contributed by atoms with Gasteiger partial charge < -0.3 is 9.84 Å². The van der Waals surface area contributed by atoms with Gasteiger partial charge >= 0.3 is 0 Å². The van der Waals surface area contributed by atoms with Crippen LogP contribution < -0.4 is 0 Å². The lowest BCUT2D eigenvalue weighted by Crippen LogP contribution is -2.20. The smallest absolute Gasteiger partial charge is 0.0607 e. The van der Waals surface area contributed by atoms with Crippen molar-refractivity contribution in [2.45, 2.75) is 39.2 Å². The number of ether oxygens (including phenoxy) is 1. The standard InChI is InChI=1S/C10H20O2/c1-3-9-4-5-12-10(9)6-8(2)7-11/h8-11H,3-7H2,1-2H3. The van der Waals surface area contributed by atoms with Crippen molar-refractivity contribution in [3.63, 3.8) is 0 Å². The lowest BCUT2D eigenvalue weighted by molar-refractivity contribution is 0.0604. The van der Waals surface area contributed by atoms with Gasteiger partial charge in [-0.2, -0.15) is 0 Å². The molecule has 72 valence electrons. The molecule has 1 N–H and O–H groups in total. The van der Waals surface area contributed by atoms with E-state index in [0.29, 0.717) is 12.0 Å². The monoisotopic (exact) mass is 172 g/mol. The minimum Gasteiger partial charge on any atom is -0.396 e. The molecule has 1 rings (SSSR count). The lowest BCUT2D eigenvalue weighted by atomic mass is 9.92. The van der Waals surface area contributed by atoms with Crippen molar-refractivity contribution >= 4 is 0 Å². The van der Waals surface area contributed by atoms with Crippen molar-refractivity contribution in [3.8, 4) is 0 Å². The first-order valence-electron chi connectivity index (χ1n) is 5.00. The molecule has 0 bridgehead atoms. The molecule has 0 aromatic carbocycles.